The molecule has 2 rings (SSSR count). The van der Waals surface area contributed by atoms with Crippen LogP contribution in [-0.2, 0) is 62.3 Å². The van der Waals surface area contributed by atoms with E-state index in [2.05, 4.69) is 26.6 Å². The van der Waals surface area contributed by atoms with Crippen LogP contribution in [0, 0.1) is 17.8 Å². The van der Waals surface area contributed by atoms with Gasteiger partial charge in [-0.3, -0.25) is 57.5 Å². The zero-order chi connectivity index (χ0) is 89.8. The zero-order valence-electron chi connectivity index (χ0n) is 72.4. The first kappa shape index (κ1) is 108. The third-order valence-corrected chi connectivity index (χ3v) is 21.8. The SMILES string of the molecule is CC(=O)[C@H](CCCCNC(=O)[C@@H](N)CCCCCC(=O)[C@@H](N)CCCCNC(=O)CC[C@H](CC(=O)CCCCCCCCCOc1ccc(C(=O)O)cc1)C(=O)O)CC(=O)[C@H](CCCCNC(=O)[C@@H](N)CCCCNC(=O)[C@@H](N)CCCCCC(=O)CC[C@H](NC(=O)CCCCCCCCCOc1ccc(C(=O)O)cc1)C(=O)O)CC(=O)C(C)(C)N. The number of aromatic carboxylic acids is 2. The van der Waals surface area contributed by atoms with Crippen molar-refractivity contribution in [3.05, 3.63) is 59.7 Å². The third-order valence-electron chi connectivity index (χ3n) is 21.8. The van der Waals surface area contributed by atoms with Crippen LogP contribution in [-0.4, -0.2) is 184 Å². The number of amides is 5. The van der Waals surface area contributed by atoms with Crippen LogP contribution < -0.4 is 64.7 Å². The number of nitrogens with two attached hydrogens (primary N) is 5. The van der Waals surface area contributed by atoms with E-state index in [4.69, 9.17) is 48.4 Å². The van der Waals surface area contributed by atoms with Crippen LogP contribution in [0.2, 0.25) is 0 Å². The number of hydrogen-bond acceptors (Lipinski definition) is 22. The number of rotatable bonds is 78. The van der Waals surface area contributed by atoms with Gasteiger partial charge in [-0.1, -0.05) is 103 Å². The maximum Gasteiger partial charge on any atom is 0.335 e. The molecule has 0 fully saturated rings. The molecule has 31 nitrogen and oxygen atoms in total. The second-order valence-corrected chi connectivity index (χ2v) is 33.0. The quantitative estimate of drug-likeness (QED) is 0.0274. The summed E-state index contributed by atoms with van der Waals surface area (Å²) in [5.74, 6) is -7.96. The lowest BCUT2D eigenvalue weighted by molar-refractivity contribution is -0.144. The molecule has 0 heterocycles. The molecule has 0 bridgehead atoms. The first-order chi connectivity index (χ1) is 57.7. The summed E-state index contributed by atoms with van der Waals surface area (Å²) in [6.45, 7) is 6.89. The minimum atomic E-state index is -1.20. The summed E-state index contributed by atoms with van der Waals surface area (Å²) in [6, 6.07) is 8.41. The van der Waals surface area contributed by atoms with Crippen molar-refractivity contribution in [3.63, 3.8) is 0 Å². The normalized spacial score (nSPS) is 13.4. The number of hydrogen-bond donors (Lipinski definition) is 14. The Labute approximate surface area is 715 Å². The van der Waals surface area contributed by atoms with Gasteiger partial charge < -0.3 is 85.2 Å². The van der Waals surface area contributed by atoms with E-state index in [1.165, 1.54) is 31.2 Å². The fraction of sp³-hybridized carbons (Fsp3) is 0.700. The van der Waals surface area contributed by atoms with E-state index in [-0.39, 0.29) is 146 Å². The zero-order valence-corrected chi connectivity index (χ0v) is 72.4. The molecule has 0 aliphatic carbocycles. The van der Waals surface area contributed by atoms with Gasteiger partial charge in [0.25, 0.3) is 0 Å². The fourth-order valence-corrected chi connectivity index (χ4v) is 13.8. The molecule has 19 N–H and O–H groups in total. The van der Waals surface area contributed by atoms with E-state index >= 15 is 0 Å². The molecule has 2 aromatic rings. The van der Waals surface area contributed by atoms with Crippen molar-refractivity contribution in [1.29, 1.82) is 0 Å². The van der Waals surface area contributed by atoms with Gasteiger partial charge in [-0.05, 0) is 198 Å². The van der Waals surface area contributed by atoms with Crippen molar-refractivity contribution >= 4 is 88.1 Å². The van der Waals surface area contributed by atoms with E-state index < -0.39 is 77.4 Å². The van der Waals surface area contributed by atoms with Gasteiger partial charge in [-0.25, -0.2) is 14.4 Å². The van der Waals surface area contributed by atoms with E-state index in [9.17, 15) is 82.1 Å². The number of ether oxygens (including phenoxy) is 2. The highest BCUT2D eigenvalue weighted by Crippen LogP contribution is 2.26. The Bertz CT molecular complexity index is 3440. The molecule has 0 aliphatic heterocycles. The van der Waals surface area contributed by atoms with Crippen LogP contribution in [0.25, 0.3) is 0 Å². The lowest BCUT2D eigenvalue weighted by Gasteiger charge is -2.23. The average molecular weight is 1700 g/mol. The Morgan fingerprint density at radius 2 is 0.727 bits per heavy atom. The maximum atomic E-state index is 13.8. The Morgan fingerprint density at radius 3 is 1.16 bits per heavy atom. The number of Topliss-reactive ketones (excluding diaryl/α,β-unsaturated/α-hetero) is 6. The Balaban J connectivity index is 1.53. The number of aliphatic carboxylic acids is 2. The molecule has 0 saturated carbocycles. The molecular weight excluding hydrogens is 1560 g/mol. The van der Waals surface area contributed by atoms with Crippen LogP contribution in [0.3, 0.4) is 0 Å². The molecule has 121 heavy (non-hydrogen) atoms. The van der Waals surface area contributed by atoms with Gasteiger partial charge in [0.2, 0.25) is 29.5 Å². The molecule has 2 aromatic carbocycles. The molecule has 0 radical (unpaired) electrons. The molecule has 31 heteroatoms. The maximum absolute atomic E-state index is 13.8. The summed E-state index contributed by atoms with van der Waals surface area (Å²) >= 11 is 0. The molecular formula is C90H146N10O21. The highest BCUT2D eigenvalue weighted by Gasteiger charge is 2.32. The standard InChI is InChI=1S/C90H146N10O21/c1-63(101)66(32-22-26-55-97-83(109)75(93)38-19-15-20-40-78(104)73(91)36-24-28-54-96-81(107)53-46-68(88(116)117)60-70(103)35-16-10-6-4-8-12-30-58-120-71-48-42-64(43-49-71)86(112)113)61-79(105)67(62-80(106)90(2,3)95)33-23-27-56-98-85(111)76(94)39-25-29-57-99-84(110)74(92)37-18-14-17-34-69(102)47-52-77(89(118)119)100-82(108)41-21-11-7-5-9-13-31-59-121-72-50-44-65(45-51-72)87(114)115/h42-45,48-51,66-68,73-77H,4-41,46-47,52-62,91-95H2,1-3H3,(H,96,107)(H,97,109)(H,98,111)(H,99,110)(H,100,108)(H,112,113)(H,114,115)(H,116,117)(H,118,119)/t66-,67-,68-,73+,74+,75+,76+,77+/m1/s1. The van der Waals surface area contributed by atoms with Crippen molar-refractivity contribution in [2.45, 2.75) is 345 Å². The van der Waals surface area contributed by atoms with Crippen molar-refractivity contribution < 1.29 is 102 Å². The van der Waals surface area contributed by atoms with Crippen LogP contribution in [0.5, 0.6) is 11.5 Å². The average Bonchev–Trinajstić information content (AvgIpc) is 0.710. The molecule has 0 unspecified atom stereocenters. The van der Waals surface area contributed by atoms with Crippen LogP contribution >= 0.6 is 0 Å². The minimum absolute atomic E-state index is 0.00782. The van der Waals surface area contributed by atoms with Gasteiger partial charge >= 0.3 is 23.9 Å². The summed E-state index contributed by atoms with van der Waals surface area (Å²) in [5, 5.41) is 51.3. The summed E-state index contributed by atoms with van der Waals surface area (Å²) < 4.78 is 11.3. The minimum Gasteiger partial charge on any atom is -0.494 e. The highest BCUT2D eigenvalue weighted by molar-refractivity contribution is 5.94. The number of unbranched alkanes of at least 4 members (excludes halogenated alkanes) is 20. The number of carbonyl (C=O) groups is 15. The Kier molecular flexibility index (Phi) is 58.0. The predicted octanol–water partition coefficient (Wildman–Crippen LogP) is 10.5. The number of carbonyl (C=O) groups excluding carboxylic acids is 11. The number of ketones is 6. The van der Waals surface area contributed by atoms with Gasteiger partial charge in [0, 0.05) is 95.8 Å². The molecule has 5 amide bonds. The first-order valence-electron chi connectivity index (χ1n) is 44.4. The number of carboxylic acids is 4. The summed E-state index contributed by atoms with van der Waals surface area (Å²) in [4.78, 5) is 187. The van der Waals surface area contributed by atoms with Gasteiger partial charge in [0.15, 0.2) is 5.78 Å². The molecule has 0 aromatic heterocycles. The monoisotopic (exact) mass is 1700 g/mol. The molecule has 0 spiro atoms. The van der Waals surface area contributed by atoms with Crippen LogP contribution in [0.1, 0.15) is 330 Å². The second-order valence-electron chi connectivity index (χ2n) is 33.0. The predicted molar refractivity (Wildman–Crippen MR) is 461 cm³/mol. The Morgan fingerprint density at radius 1 is 0.347 bits per heavy atom. The number of nitrogens with one attached hydrogen (secondary N) is 5. The largest absolute Gasteiger partial charge is 0.494 e. The van der Waals surface area contributed by atoms with Crippen molar-refractivity contribution in [3.8, 4) is 11.5 Å². The smallest absolute Gasteiger partial charge is 0.335 e. The molecule has 682 valence electrons. The third kappa shape index (κ3) is 53.6. The first-order valence-corrected chi connectivity index (χ1v) is 44.4. The second kappa shape index (κ2) is 64.8. The van der Waals surface area contributed by atoms with Gasteiger partial charge in [-0.2, -0.15) is 0 Å². The lowest BCUT2D eigenvalue weighted by atomic mass is 9.82. The Hall–Kier alpha value is -8.91. The van der Waals surface area contributed by atoms with Crippen LogP contribution in [0.15, 0.2) is 48.5 Å². The number of benzene rings is 2. The summed E-state index contributed by atoms with van der Waals surface area (Å²) in [7, 11) is 0. The molecule has 0 saturated heterocycles. The van der Waals surface area contributed by atoms with Gasteiger partial charge in [0.05, 0.1) is 60.0 Å². The van der Waals surface area contributed by atoms with Crippen molar-refractivity contribution in [2.24, 2.45) is 46.4 Å². The fourth-order valence-electron chi connectivity index (χ4n) is 13.8. The van der Waals surface area contributed by atoms with Crippen molar-refractivity contribution in [1.82, 2.24) is 26.6 Å². The summed E-state index contributed by atoms with van der Waals surface area (Å²) in [5.41, 5.74) is 30.0. The lowest BCUT2D eigenvalue weighted by Crippen LogP contribution is -2.43. The van der Waals surface area contributed by atoms with E-state index in [0.717, 1.165) is 77.0 Å². The molecule has 8 atom stereocenters. The molecule has 0 aliphatic rings. The highest BCUT2D eigenvalue weighted by atomic mass is 16.5. The topological polar surface area (TPSA) is 546 Å². The van der Waals surface area contributed by atoms with E-state index in [1.807, 2.05) is 0 Å². The van der Waals surface area contributed by atoms with Gasteiger partial charge in [-0.15, -0.1) is 0 Å². The summed E-state index contributed by atoms with van der Waals surface area (Å²) in [6.07, 6.45) is 23.6. The van der Waals surface area contributed by atoms with Crippen molar-refractivity contribution in [2.75, 3.05) is 39.4 Å². The number of carboxylic acid groups (broad SMARTS) is 4. The van der Waals surface area contributed by atoms with E-state index in [1.54, 1.807) is 38.1 Å². The van der Waals surface area contributed by atoms with Crippen LogP contribution in [0.4, 0.5) is 0 Å². The van der Waals surface area contributed by atoms with E-state index in [0.29, 0.717) is 192 Å². The van der Waals surface area contributed by atoms with Gasteiger partial charge in [0.1, 0.15) is 46.5 Å².